The van der Waals surface area contributed by atoms with Gasteiger partial charge in [-0.15, -0.1) is 0 Å². The third-order valence-electron chi connectivity index (χ3n) is 1.91. The van der Waals surface area contributed by atoms with Gasteiger partial charge >= 0.3 is 0 Å². The van der Waals surface area contributed by atoms with Crippen molar-refractivity contribution in [3.05, 3.63) is 12.2 Å². The van der Waals surface area contributed by atoms with Crippen molar-refractivity contribution in [2.75, 3.05) is 0 Å². The van der Waals surface area contributed by atoms with E-state index in [1.165, 1.54) is 19.3 Å². The van der Waals surface area contributed by atoms with Crippen LogP contribution in [-0.4, -0.2) is 12.2 Å². The molecule has 10 heavy (non-hydrogen) atoms. The monoisotopic (exact) mass is 140 g/mol. The molecule has 0 aromatic heterocycles. The standard InChI is InChI=1S/C9H16O/c1-3-5-9-7-4-6-8(2)10-9/h3,5,8-9H,4,6-7H2,1-2H3/b5-3+/t8-,9+/m0/s1. The van der Waals surface area contributed by atoms with Gasteiger partial charge in [0.05, 0.1) is 12.2 Å². The van der Waals surface area contributed by atoms with Crippen molar-refractivity contribution in [1.29, 1.82) is 0 Å². The summed E-state index contributed by atoms with van der Waals surface area (Å²) in [6, 6.07) is 0. The normalized spacial score (nSPS) is 35.0. The maximum Gasteiger partial charge on any atom is 0.0759 e. The zero-order valence-electron chi connectivity index (χ0n) is 6.84. The third-order valence-corrected chi connectivity index (χ3v) is 1.91. The molecule has 0 radical (unpaired) electrons. The number of allylic oxidation sites excluding steroid dienone is 1. The van der Waals surface area contributed by atoms with Crippen LogP contribution in [0, 0.1) is 0 Å². The molecule has 0 unspecified atom stereocenters. The second-order valence-electron chi connectivity index (χ2n) is 2.94. The van der Waals surface area contributed by atoms with Gasteiger partial charge in [0.1, 0.15) is 0 Å². The summed E-state index contributed by atoms with van der Waals surface area (Å²) in [6.45, 7) is 4.19. The predicted molar refractivity (Wildman–Crippen MR) is 43.0 cm³/mol. The minimum atomic E-state index is 0.397. The SMILES string of the molecule is C/C=C/[C@@H]1CCC[C@H](C)O1. The highest BCUT2D eigenvalue weighted by Crippen LogP contribution is 2.18. The Morgan fingerprint density at radius 2 is 2.20 bits per heavy atom. The molecule has 1 heteroatoms. The van der Waals surface area contributed by atoms with Crippen molar-refractivity contribution in [3.63, 3.8) is 0 Å². The van der Waals surface area contributed by atoms with Crippen molar-refractivity contribution in [1.82, 2.24) is 0 Å². The fraction of sp³-hybridized carbons (Fsp3) is 0.778. The number of hydrogen-bond acceptors (Lipinski definition) is 1. The summed E-state index contributed by atoms with van der Waals surface area (Å²) in [6.07, 6.45) is 8.83. The Balaban J connectivity index is 2.32. The van der Waals surface area contributed by atoms with E-state index in [1.807, 2.05) is 6.92 Å². The van der Waals surface area contributed by atoms with Crippen LogP contribution < -0.4 is 0 Å². The zero-order chi connectivity index (χ0) is 7.40. The summed E-state index contributed by atoms with van der Waals surface area (Å²) >= 11 is 0. The summed E-state index contributed by atoms with van der Waals surface area (Å²) in [5, 5.41) is 0. The molecule has 0 aliphatic carbocycles. The molecule has 1 saturated heterocycles. The molecule has 0 amide bonds. The van der Waals surface area contributed by atoms with Crippen LogP contribution in [0.15, 0.2) is 12.2 Å². The Kier molecular flexibility index (Phi) is 2.94. The van der Waals surface area contributed by atoms with Crippen molar-refractivity contribution in [2.45, 2.75) is 45.3 Å². The Bertz CT molecular complexity index is 118. The highest BCUT2D eigenvalue weighted by molar-refractivity contribution is 4.88. The van der Waals surface area contributed by atoms with Gasteiger partial charge < -0.3 is 4.74 Å². The average molecular weight is 140 g/mol. The van der Waals surface area contributed by atoms with Crippen molar-refractivity contribution in [2.24, 2.45) is 0 Å². The van der Waals surface area contributed by atoms with Gasteiger partial charge in [0.25, 0.3) is 0 Å². The van der Waals surface area contributed by atoms with Gasteiger partial charge in [0.15, 0.2) is 0 Å². The largest absolute Gasteiger partial charge is 0.371 e. The first-order chi connectivity index (χ1) is 4.83. The molecule has 1 heterocycles. The Labute approximate surface area is 63.1 Å². The van der Waals surface area contributed by atoms with Crippen LogP contribution in [0.4, 0.5) is 0 Å². The van der Waals surface area contributed by atoms with E-state index in [4.69, 9.17) is 4.74 Å². The van der Waals surface area contributed by atoms with Gasteiger partial charge in [-0.05, 0) is 33.1 Å². The van der Waals surface area contributed by atoms with E-state index < -0.39 is 0 Å². The molecule has 0 N–H and O–H groups in total. The van der Waals surface area contributed by atoms with Crippen LogP contribution in [-0.2, 0) is 4.74 Å². The molecular formula is C9H16O. The first kappa shape index (κ1) is 7.80. The molecule has 0 bridgehead atoms. The molecule has 0 spiro atoms. The highest BCUT2D eigenvalue weighted by atomic mass is 16.5. The van der Waals surface area contributed by atoms with Crippen LogP contribution in [0.1, 0.15) is 33.1 Å². The highest BCUT2D eigenvalue weighted by Gasteiger charge is 2.15. The minimum absolute atomic E-state index is 0.397. The van der Waals surface area contributed by atoms with Crippen LogP contribution in [0.3, 0.4) is 0 Å². The maximum atomic E-state index is 5.64. The van der Waals surface area contributed by atoms with E-state index in [-0.39, 0.29) is 0 Å². The van der Waals surface area contributed by atoms with Crippen molar-refractivity contribution in [3.8, 4) is 0 Å². The van der Waals surface area contributed by atoms with Crippen LogP contribution >= 0.6 is 0 Å². The number of ether oxygens (including phenoxy) is 1. The lowest BCUT2D eigenvalue weighted by atomic mass is 10.0. The molecule has 1 rings (SSSR count). The topological polar surface area (TPSA) is 9.23 Å². The van der Waals surface area contributed by atoms with Gasteiger partial charge in [-0.3, -0.25) is 0 Å². The summed E-state index contributed by atoms with van der Waals surface area (Å²) in [7, 11) is 0. The summed E-state index contributed by atoms with van der Waals surface area (Å²) < 4.78 is 5.64. The molecule has 1 aliphatic rings. The summed E-state index contributed by atoms with van der Waals surface area (Å²) in [4.78, 5) is 0. The smallest absolute Gasteiger partial charge is 0.0759 e. The first-order valence-electron chi connectivity index (χ1n) is 4.11. The van der Waals surface area contributed by atoms with Gasteiger partial charge in [-0.2, -0.15) is 0 Å². The van der Waals surface area contributed by atoms with E-state index in [2.05, 4.69) is 19.1 Å². The lowest BCUT2D eigenvalue weighted by molar-refractivity contribution is -0.0141. The van der Waals surface area contributed by atoms with E-state index in [0.29, 0.717) is 12.2 Å². The molecular weight excluding hydrogens is 124 g/mol. The Morgan fingerprint density at radius 1 is 1.40 bits per heavy atom. The molecule has 58 valence electrons. The van der Waals surface area contributed by atoms with Crippen LogP contribution in [0.5, 0.6) is 0 Å². The fourth-order valence-corrected chi connectivity index (χ4v) is 1.40. The van der Waals surface area contributed by atoms with Crippen molar-refractivity contribution < 1.29 is 4.74 Å². The van der Waals surface area contributed by atoms with Crippen LogP contribution in [0.2, 0.25) is 0 Å². The first-order valence-corrected chi connectivity index (χ1v) is 4.11. The second-order valence-corrected chi connectivity index (χ2v) is 2.94. The van der Waals surface area contributed by atoms with E-state index in [9.17, 15) is 0 Å². The maximum absolute atomic E-state index is 5.64. The van der Waals surface area contributed by atoms with E-state index in [0.717, 1.165) is 0 Å². The molecule has 0 aromatic carbocycles. The summed E-state index contributed by atoms with van der Waals surface area (Å²) in [5.41, 5.74) is 0. The molecule has 1 nitrogen and oxygen atoms in total. The van der Waals surface area contributed by atoms with Crippen molar-refractivity contribution >= 4 is 0 Å². The molecule has 0 saturated carbocycles. The molecule has 1 fully saturated rings. The van der Waals surface area contributed by atoms with Crippen LogP contribution in [0.25, 0.3) is 0 Å². The third kappa shape index (κ3) is 2.14. The molecule has 2 atom stereocenters. The predicted octanol–water partition coefficient (Wildman–Crippen LogP) is 2.52. The lowest BCUT2D eigenvalue weighted by Gasteiger charge is -2.25. The average Bonchev–Trinajstić information content (AvgIpc) is 1.88. The summed E-state index contributed by atoms with van der Waals surface area (Å²) in [5.74, 6) is 0. The van der Waals surface area contributed by atoms with Gasteiger partial charge in [0.2, 0.25) is 0 Å². The second kappa shape index (κ2) is 3.77. The van der Waals surface area contributed by atoms with Gasteiger partial charge in [0, 0.05) is 0 Å². The van der Waals surface area contributed by atoms with E-state index in [1.54, 1.807) is 0 Å². The fourth-order valence-electron chi connectivity index (χ4n) is 1.40. The Morgan fingerprint density at radius 3 is 2.80 bits per heavy atom. The van der Waals surface area contributed by atoms with E-state index >= 15 is 0 Å². The zero-order valence-corrected chi connectivity index (χ0v) is 6.84. The lowest BCUT2D eigenvalue weighted by Crippen LogP contribution is -2.23. The minimum Gasteiger partial charge on any atom is -0.371 e. The van der Waals surface area contributed by atoms with Gasteiger partial charge in [-0.25, -0.2) is 0 Å². The number of hydrogen-bond donors (Lipinski definition) is 0. The Hall–Kier alpha value is -0.300. The number of rotatable bonds is 1. The quantitative estimate of drug-likeness (QED) is 0.508. The molecule has 1 aliphatic heterocycles. The van der Waals surface area contributed by atoms with Gasteiger partial charge in [-0.1, -0.05) is 12.2 Å². The molecule has 0 aromatic rings.